The summed E-state index contributed by atoms with van der Waals surface area (Å²) in [6.07, 6.45) is 2.05. The molecule has 8 nitrogen and oxygen atoms in total. The minimum Gasteiger partial charge on any atom is -0.495 e. The number of halogens is 1. The van der Waals surface area contributed by atoms with Gasteiger partial charge in [-0.05, 0) is 24.3 Å². The molecular weight excluding hydrogens is 385 g/mol. The second-order valence-electron chi connectivity index (χ2n) is 5.76. The Labute approximate surface area is 161 Å². The number of methoxy groups -OCH3 is 1. The quantitative estimate of drug-likeness (QED) is 0.555. The van der Waals surface area contributed by atoms with Gasteiger partial charge in [-0.1, -0.05) is 24.3 Å². The summed E-state index contributed by atoms with van der Waals surface area (Å²) in [4.78, 5) is 8.06. The lowest BCUT2D eigenvalue weighted by molar-refractivity contribution is 0.417. The van der Waals surface area contributed by atoms with Crippen molar-refractivity contribution in [1.82, 2.24) is 9.97 Å². The topological polar surface area (TPSA) is 105 Å². The number of para-hydroxylation sites is 4. The highest BCUT2D eigenvalue weighted by molar-refractivity contribution is 7.92. The molecule has 0 bridgehead atoms. The largest absolute Gasteiger partial charge is 0.495 e. The summed E-state index contributed by atoms with van der Waals surface area (Å²) in [5.41, 5.74) is 1.22. The number of benzene rings is 2. The Morgan fingerprint density at radius 3 is 2.29 bits per heavy atom. The standard InChI is InChI=1S/C18H18FN5O3S/c1-27-16-10-6-5-9-15(16)22-18-20-11-12(19)17(23-18)21-13-7-3-4-8-14(13)24-28(2,25)26/h3-11,24H,1-2H3,(H2,20,21,22,23). The molecule has 3 N–H and O–H groups in total. The normalized spacial score (nSPS) is 11.0. The first-order valence-electron chi connectivity index (χ1n) is 8.12. The first-order chi connectivity index (χ1) is 13.4. The van der Waals surface area contributed by atoms with Crippen molar-refractivity contribution in [3.05, 3.63) is 60.5 Å². The van der Waals surface area contributed by atoms with Crippen LogP contribution in [0.1, 0.15) is 0 Å². The molecule has 146 valence electrons. The summed E-state index contributed by atoms with van der Waals surface area (Å²) in [5, 5.41) is 5.76. The van der Waals surface area contributed by atoms with E-state index in [1.165, 1.54) is 7.11 Å². The molecule has 3 rings (SSSR count). The monoisotopic (exact) mass is 403 g/mol. The average molecular weight is 403 g/mol. The Hall–Kier alpha value is -3.40. The molecule has 0 amide bonds. The Bertz CT molecular complexity index is 1090. The number of aromatic nitrogens is 2. The van der Waals surface area contributed by atoms with Crippen LogP contribution in [0, 0.1) is 5.82 Å². The molecule has 10 heteroatoms. The van der Waals surface area contributed by atoms with Gasteiger partial charge in [0, 0.05) is 0 Å². The Balaban J connectivity index is 1.89. The van der Waals surface area contributed by atoms with E-state index in [4.69, 9.17) is 4.74 Å². The highest BCUT2D eigenvalue weighted by Crippen LogP contribution is 2.29. The van der Waals surface area contributed by atoms with Crippen LogP contribution in [0.3, 0.4) is 0 Å². The Morgan fingerprint density at radius 1 is 0.964 bits per heavy atom. The molecular formula is C18H18FN5O3S. The second kappa shape index (κ2) is 8.09. The van der Waals surface area contributed by atoms with Crippen LogP contribution in [0.15, 0.2) is 54.7 Å². The summed E-state index contributed by atoms with van der Waals surface area (Å²) in [6.45, 7) is 0. The van der Waals surface area contributed by atoms with Gasteiger partial charge in [0.05, 0.1) is 36.6 Å². The molecule has 2 aromatic carbocycles. The van der Waals surface area contributed by atoms with Gasteiger partial charge in [-0.2, -0.15) is 4.98 Å². The summed E-state index contributed by atoms with van der Waals surface area (Å²) in [6, 6.07) is 13.6. The Morgan fingerprint density at radius 2 is 1.61 bits per heavy atom. The van der Waals surface area contributed by atoms with Crippen LogP contribution in [0.4, 0.5) is 33.2 Å². The van der Waals surface area contributed by atoms with E-state index in [2.05, 4.69) is 25.3 Å². The third-order valence-electron chi connectivity index (χ3n) is 3.57. The number of ether oxygens (including phenoxy) is 1. The minimum absolute atomic E-state index is 0.116. The maximum atomic E-state index is 14.2. The fourth-order valence-corrected chi connectivity index (χ4v) is 2.97. The smallest absolute Gasteiger partial charge is 0.229 e. The molecule has 1 aromatic heterocycles. The van der Waals surface area contributed by atoms with E-state index in [9.17, 15) is 12.8 Å². The number of hydrogen-bond acceptors (Lipinski definition) is 7. The maximum Gasteiger partial charge on any atom is 0.229 e. The molecule has 0 radical (unpaired) electrons. The molecule has 0 saturated heterocycles. The van der Waals surface area contributed by atoms with Gasteiger partial charge in [0.25, 0.3) is 0 Å². The van der Waals surface area contributed by atoms with Crippen molar-refractivity contribution in [3.8, 4) is 5.75 Å². The van der Waals surface area contributed by atoms with Gasteiger partial charge in [-0.3, -0.25) is 4.72 Å². The van der Waals surface area contributed by atoms with Crippen LogP contribution in [-0.2, 0) is 10.0 Å². The lowest BCUT2D eigenvalue weighted by Crippen LogP contribution is -2.11. The van der Waals surface area contributed by atoms with E-state index >= 15 is 0 Å². The molecule has 3 aromatic rings. The van der Waals surface area contributed by atoms with Gasteiger partial charge in [0.15, 0.2) is 11.6 Å². The highest BCUT2D eigenvalue weighted by Gasteiger charge is 2.12. The predicted octanol–water partition coefficient (Wildman–Crippen LogP) is 3.48. The highest BCUT2D eigenvalue weighted by atomic mass is 32.2. The van der Waals surface area contributed by atoms with Crippen molar-refractivity contribution in [2.24, 2.45) is 0 Å². The van der Waals surface area contributed by atoms with Crippen LogP contribution >= 0.6 is 0 Å². The zero-order valence-electron chi connectivity index (χ0n) is 15.1. The third kappa shape index (κ3) is 4.86. The van der Waals surface area contributed by atoms with Crippen molar-refractivity contribution < 1.29 is 17.5 Å². The van der Waals surface area contributed by atoms with E-state index < -0.39 is 15.8 Å². The number of rotatable bonds is 7. The molecule has 0 fully saturated rings. The lowest BCUT2D eigenvalue weighted by atomic mass is 10.2. The number of sulfonamides is 1. The van der Waals surface area contributed by atoms with E-state index in [0.29, 0.717) is 17.1 Å². The minimum atomic E-state index is -3.50. The SMILES string of the molecule is COc1ccccc1Nc1ncc(F)c(Nc2ccccc2NS(C)(=O)=O)n1. The van der Waals surface area contributed by atoms with Crippen LogP contribution in [0.25, 0.3) is 0 Å². The van der Waals surface area contributed by atoms with Crippen molar-refractivity contribution >= 4 is 38.9 Å². The fraction of sp³-hybridized carbons (Fsp3) is 0.111. The number of anilines is 5. The van der Waals surface area contributed by atoms with E-state index in [1.807, 2.05) is 6.07 Å². The summed E-state index contributed by atoms with van der Waals surface area (Å²) >= 11 is 0. The molecule has 0 spiro atoms. The average Bonchev–Trinajstić information content (AvgIpc) is 2.65. The molecule has 0 aliphatic rings. The zero-order valence-corrected chi connectivity index (χ0v) is 15.9. The fourth-order valence-electron chi connectivity index (χ4n) is 2.39. The van der Waals surface area contributed by atoms with Gasteiger partial charge in [-0.25, -0.2) is 17.8 Å². The van der Waals surface area contributed by atoms with Crippen LogP contribution in [0.5, 0.6) is 5.75 Å². The van der Waals surface area contributed by atoms with Gasteiger partial charge in [-0.15, -0.1) is 0 Å². The molecule has 0 aliphatic heterocycles. The van der Waals surface area contributed by atoms with Gasteiger partial charge in [0.2, 0.25) is 16.0 Å². The van der Waals surface area contributed by atoms with E-state index in [1.54, 1.807) is 42.5 Å². The summed E-state index contributed by atoms with van der Waals surface area (Å²) in [5.74, 6) is -0.0931. The maximum absolute atomic E-state index is 14.2. The molecule has 0 unspecified atom stereocenters. The van der Waals surface area contributed by atoms with Crippen LogP contribution in [-0.4, -0.2) is 31.8 Å². The number of nitrogens with one attached hydrogen (secondary N) is 3. The third-order valence-corrected chi connectivity index (χ3v) is 4.16. The van der Waals surface area contributed by atoms with Gasteiger partial charge in [0.1, 0.15) is 5.75 Å². The van der Waals surface area contributed by atoms with Crippen molar-refractivity contribution in [3.63, 3.8) is 0 Å². The molecule has 0 atom stereocenters. The van der Waals surface area contributed by atoms with Crippen LogP contribution in [0.2, 0.25) is 0 Å². The Kier molecular flexibility index (Phi) is 5.59. The zero-order chi connectivity index (χ0) is 20.1. The lowest BCUT2D eigenvalue weighted by Gasteiger charge is -2.14. The van der Waals surface area contributed by atoms with Crippen molar-refractivity contribution in [1.29, 1.82) is 0 Å². The van der Waals surface area contributed by atoms with Gasteiger partial charge >= 0.3 is 0 Å². The first-order valence-corrected chi connectivity index (χ1v) is 10.0. The molecule has 0 aliphatic carbocycles. The van der Waals surface area contributed by atoms with Crippen molar-refractivity contribution in [2.75, 3.05) is 28.7 Å². The van der Waals surface area contributed by atoms with E-state index in [0.717, 1.165) is 12.5 Å². The number of nitrogens with zero attached hydrogens (tertiary/aromatic N) is 2. The summed E-state index contributed by atoms with van der Waals surface area (Å²) < 4.78 is 44.9. The summed E-state index contributed by atoms with van der Waals surface area (Å²) in [7, 11) is -1.97. The van der Waals surface area contributed by atoms with E-state index in [-0.39, 0.29) is 17.5 Å². The first kappa shape index (κ1) is 19.4. The van der Waals surface area contributed by atoms with Crippen molar-refractivity contribution in [2.45, 2.75) is 0 Å². The molecule has 1 heterocycles. The number of hydrogen-bond donors (Lipinski definition) is 3. The van der Waals surface area contributed by atoms with Crippen LogP contribution < -0.4 is 20.1 Å². The molecule has 0 saturated carbocycles. The predicted molar refractivity (Wildman–Crippen MR) is 106 cm³/mol. The molecule has 28 heavy (non-hydrogen) atoms. The second-order valence-corrected chi connectivity index (χ2v) is 7.51. The van der Waals surface area contributed by atoms with Gasteiger partial charge < -0.3 is 15.4 Å².